The molecule has 6 heteroatoms. The Labute approximate surface area is 147 Å². The van der Waals surface area contributed by atoms with Gasteiger partial charge in [-0.2, -0.15) is 0 Å². The number of amides is 2. The van der Waals surface area contributed by atoms with Crippen LogP contribution in [-0.4, -0.2) is 60.0 Å². The Morgan fingerprint density at radius 1 is 1.08 bits per heavy atom. The average Bonchev–Trinajstić information content (AvgIpc) is 2.99. The minimum Gasteiger partial charge on any atom is -0.381 e. The number of primary amides is 1. The zero-order valence-corrected chi connectivity index (χ0v) is 14.4. The highest BCUT2D eigenvalue weighted by molar-refractivity contribution is 6.09. The molecule has 25 heavy (non-hydrogen) atoms. The number of piperidine rings is 1. The molecule has 4 rings (SSSR count). The molecule has 3 aliphatic heterocycles. The van der Waals surface area contributed by atoms with E-state index in [0.717, 1.165) is 57.6 Å². The minimum atomic E-state index is -0.526. The number of benzene rings is 1. The fourth-order valence-electron chi connectivity index (χ4n) is 4.50. The van der Waals surface area contributed by atoms with Crippen LogP contribution in [0.4, 0.5) is 0 Å². The lowest BCUT2D eigenvalue weighted by molar-refractivity contribution is 0.0138. The van der Waals surface area contributed by atoms with Crippen molar-refractivity contribution < 1.29 is 14.3 Å². The fraction of sp³-hybridized carbons (Fsp3) is 0.579. The van der Waals surface area contributed by atoms with E-state index >= 15 is 0 Å². The first-order valence-electron chi connectivity index (χ1n) is 9.19. The maximum Gasteiger partial charge on any atom is 0.255 e. The topological polar surface area (TPSA) is 75.9 Å². The molecule has 2 N–H and O–H groups in total. The molecule has 3 aliphatic rings. The monoisotopic (exact) mass is 343 g/mol. The molecule has 2 amide bonds. The highest BCUT2D eigenvalue weighted by Gasteiger charge is 2.37. The van der Waals surface area contributed by atoms with Gasteiger partial charge in [0.25, 0.3) is 5.91 Å². The van der Waals surface area contributed by atoms with Crippen LogP contribution in [-0.2, 0) is 11.3 Å². The van der Waals surface area contributed by atoms with E-state index in [-0.39, 0.29) is 11.9 Å². The van der Waals surface area contributed by atoms with E-state index in [9.17, 15) is 9.59 Å². The van der Waals surface area contributed by atoms with Gasteiger partial charge >= 0.3 is 0 Å². The number of nitrogens with zero attached hydrogens (tertiary/aromatic N) is 2. The highest BCUT2D eigenvalue weighted by Crippen LogP contribution is 2.31. The normalized spacial score (nSPS) is 23.0. The summed E-state index contributed by atoms with van der Waals surface area (Å²) in [5.41, 5.74) is 7.24. The molecule has 2 fully saturated rings. The van der Waals surface area contributed by atoms with Crippen LogP contribution in [0.2, 0.25) is 0 Å². The molecule has 3 heterocycles. The van der Waals surface area contributed by atoms with Crippen molar-refractivity contribution in [3.05, 3.63) is 34.9 Å². The van der Waals surface area contributed by atoms with Gasteiger partial charge in [-0.25, -0.2) is 0 Å². The van der Waals surface area contributed by atoms with Gasteiger partial charge in [-0.1, -0.05) is 12.1 Å². The van der Waals surface area contributed by atoms with Gasteiger partial charge in [0.05, 0.1) is 11.1 Å². The number of carbonyl (C=O) groups excluding carboxylic acids is 2. The first kappa shape index (κ1) is 16.5. The summed E-state index contributed by atoms with van der Waals surface area (Å²) >= 11 is 0. The SMILES string of the molecule is NC(=O)c1cccc2c1C(=O)N(C1CCN(C3CCOCC3)CC1)C2. The number of fused-ring (bicyclic) bond motifs is 1. The van der Waals surface area contributed by atoms with Gasteiger partial charge in [0.1, 0.15) is 0 Å². The Morgan fingerprint density at radius 3 is 2.48 bits per heavy atom. The van der Waals surface area contributed by atoms with Crippen LogP contribution in [0.1, 0.15) is 52.0 Å². The van der Waals surface area contributed by atoms with Crippen molar-refractivity contribution in [2.75, 3.05) is 26.3 Å². The van der Waals surface area contributed by atoms with Crippen molar-refractivity contribution in [1.29, 1.82) is 0 Å². The molecule has 0 aromatic heterocycles. The summed E-state index contributed by atoms with van der Waals surface area (Å²) in [5.74, 6) is -0.560. The number of nitrogens with two attached hydrogens (primary N) is 1. The van der Waals surface area contributed by atoms with Gasteiger partial charge < -0.3 is 20.3 Å². The molecule has 0 spiro atoms. The van der Waals surface area contributed by atoms with Gasteiger partial charge in [-0.3, -0.25) is 9.59 Å². The molecule has 0 bridgehead atoms. The second-order valence-electron chi connectivity index (χ2n) is 7.25. The molecule has 0 unspecified atom stereocenters. The second-order valence-corrected chi connectivity index (χ2v) is 7.25. The summed E-state index contributed by atoms with van der Waals surface area (Å²) in [6, 6.07) is 6.26. The minimum absolute atomic E-state index is 0.0334. The lowest BCUT2D eigenvalue weighted by atomic mass is 9.98. The quantitative estimate of drug-likeness (QED) is 0.900. The Balaban J connectivity index is 1.43. The van der Waals surface area contributed by atoms with Crippen molar-refractivity contribution in [1.82, 2.24) is 9.80 Å². The van der Waals surface area contributed by atoms with Crippen LogP contribution in [0.5, 0.6) is 0 Å². The van der Waals surface area contributed by atoms with Gasteiger partial charge in [-0.15, -0.1) is 0 Å². The molecule has 1 aromatic rings. The first-order chi connectivity index (χ1) is 12.1. The molecule has 6 nitrogen and oxygen atoms in total. The van der Waals surface area contributed by atoms with Crippen LogP contribution < -0.4 is 5.73 Å². The summed E-state index contributed by atoms with van der Waals surface area (Å²) < 4.78 is 5.46. The first-order valence-corrected chi connectivity index (χ1v) is 9.19. The zero-order valence-electron chi connectivity index (χ0n) is 14.4. The summed E-state index contributed by atoms with van der Waals surface area (Å²) in [6.07, 6.45) is 4.20. The summed E-state index contributed by atoms with van der Waals surface area (Å²) in [5, 5.41) is 0. The molecule has 0 radical (unpaired) electrons. The molecular weight excluding hydrogens is 318 g/mol. The van der Waals surface area contributed by atoms with Gasteiger partial charge in [0.2, 0.25) is 5.91 Å². The van der Waals surface area contributed by atoms with E-state index in [4.69, 9.17) is 10.5 Å². The third-order valence-corrected chi connectivity index (χ3v) is 5.88. The summed E-state index contributed by atoms with van der Waals surface area (Å²) in [6.45, 7) is 4.37. The molecule has 0 atom stereocenters. The van der Waals surface area contributed by atoms with Crippen molar-refractivity contribution in [2.45, 2.75) is 44.3 Å². The van der Waals surface area contributed by atoms with E-state index < -0.39 is 5.91 Å². The van der Waals surface area contributed by atoms with Crippen LogP contribution in [0.15, 0.2) is 18.2 Å². The van der Waals surface area contributed by atoms with Crippen LogP contribution in [0.25, 0.3) is 0 Å². The maximum absolute atomic E-state index is 12.9. The highest BCUT2D eigenvalue weighted by atomic mass is 16.5. The molecule has 1 aromatic carbocycles. The average molecular weight is 343 g/mol. The lowest BCUT2D eigenvalue weighted by Crippen LogP contribution is -2.49. The van der Waals surface area contributed by atoms with Crippen LogP contribution in [0, 0.1) is 0 Å². The molecule has 0 aliphatic carbocycles. The van der Waals surface area contributed by atoms with Crippen molar-refractivity contribution in [3.63, 3.8) is 0 Å². The number of hydrogen-bond donors (Lipinski definition) is 1. The molecule has 134 valence electrons. The molecule has 2 saturated heterocycles. The lowest BCUT2D eigenvalue weighted by Gasteiger charge is -2.41. The predicted octanol–water partition coefficient (Wildman–Crippen LogP) is 1.38. The largest absolute Gasteiger partial charge is 0.381 e. The van der Waals surface area contributed by atoms with E-state index in [2.05, 4.69) is 4.90 Å². The number of ether oxygens (including phenoxy) is 1. The van der Waals surface area contributed by atoms with Crippen LogP contribution >= 0.6 is 0 Å². The van der Waals surface area contributed by atoms with Crippen molar-refractivity contribution in [2.24, 2.45) is 5.73 Å². The number of likely N-dealkylation sites (tertiary alicyclic amines) is 1. The standard InChI is InChI=1S/C19H25N3O3/c20-18(23)16-3-1-2-13-12-22(19(24)17(13)16)15-4-8-21(9-5-15)14-6-10-25-11-7-14/h1-3,14-15H,4-12H2,(H2,20,23). The van der Waals surface area contributed by atoms with Gasteiger partial charge in [0, 0.05) is 44.9 Å². The Morgan fingerprint density at radius 2 is 1.80 bits per heavy atom. The Bertz CT molecular complexity index is 676. The number of rotatable bonds is 3. The van der Waals surface area contributed by atoms with Gasteiger partial charge in [0.15, 0.2) is 0 Å². The molecule has 0 saturated carbocycles. The maximum atomic E-state index is 12.9. The molecular formula is C19H25N3O3. The smallest absolute Gasteiger partial charge is 0.255 e. The third kappa shape index (κ3) is 3.04. The van der Waals surface area contributed by atoms with Crippen molar-refractivity contribution in [3.8, 4) is 0 Å². The zero-order chi connectivity index (χ0) is 17.4. The Hall–Kier alpha value is -1.92. The van der Waals surface area contributed by atoms with E-state index in [1.54, 1.807) is 6.07 Å². The summed E-state index contributed by atoms with van der Waals surface area (Å²) in [7, 11) is 0. The second kappa shape index (κ2) is 6.77. The van der Waals surface area contributed by atoms with Gasteiger partial charge in [-0.05, 0) is 37.3 Å². The number of carbonyl (C=O) groups is 2. The van der Waals surface area contributed by atoms with Crippen molar-refractivity contribution >= 4 is 11.8 Å². The van der Waals surface area contributed by atoms with E-state index in [0.29, 0.717) is 23.7 Å². The van der Waals surface area contributed by atoms with E-state index in [1.165, 1.54) is 0 Å². The van der Waals surface area contributed by atoms with Crippen LogP contribution in [0.3, 0.4) is 0 Å². The third-order valence-electron chi connectivity index (χ3n) is 5.88. The summed E-state index contributed by atoms with van der Waals surface area (Å²) in [4.78, 5) is 29.0. The Kier molecular flexibility index (Phi) is 4.48. The fourth-order valence-corrected chi connectivity index (χ4v) is 4.50. The van der Waals surface area contributed by atoms with E-state index in [1.807, 2.05) is 17.0 Å². The number of hydrogen-bond acceptors (Lipinski definition) is 4. The predicted molar refractivity (Wildman–Crippen MR) is 93.3 cm³/mol.